The van der Waals surface area contributed by atoms with E-state index >= 15 is 0 Å². The lowest BCUT2D eigenvalue weighted by molar-refractivity contribution is -0.744. The van der Waals surface area contributed by atoms with E-state index in [1.54, 1.807) is 0 Å². The minimum Gasteiger partial charge on any atom is -0.508 e. The highest BCUT2D eigenvalue weighted by Gasteiger charge is 2.46. The molecule has 0 amide bonds. The predicted molar refractivity (Wildman–Crippen MR) is 70.6 cm³/mol. The molecule has 0 fully saturated rings. The number of rotatable bonds is 2. The van der Waals surface area contributed by atoms with Gasteiger partial charge in [0.1, 0.15) is 11.5 Å². The van der Waals surface area contributed by atoms with Crippen molar-refractivity contribution in [2.24, 2.45) is 11.8 Å². The van der Waals surface area contributed by atoms with E-state index in [0.29, 0.717) is 0 Å². The Kier molecular flexibility index (Phi) is 2.94. The van der Waals surface area contributed by atoms with Crippen molar-refractivity contribution in [2.75, 3.05) is 0 Å². The van der Waals surface area contributed by atoms with Gasteiger partial charge in [-0.25, -0.2) is 0 Å². The van der Waals surface area contributed by atoms with Gasteiger partial charge in [0, 0.05) is 11.1 Å². The molecule has 2 N–H and O–H groups in total. The van der Waals surface area contributed by atoms with Crippen LogP contribution >= 0.6 is 0 Å². The van der Waals surface area contributed by atoms with Crippen molar-refractivity contribution in [3.05, 3.63) is 63.1 Å². The number of hydrogen-bond donors (Lipinski definition) is 2. The quantitative estimate of drug-likeness (QED) is 0.626. The molecule has 3 rings (SSSR count). The predicted octanol–water partition coefficient (Wildman–Crippen LogP) is 1.55. The molecule has 8 nitrogen and oxygen atoms in total. The summed E-state index contributed by atoms with van der Waals surface area (Å²) in [5.41, 5.74) is 0.0642. The summed E-state index contributed by atoms with van der Waals surface area (Å²) in [4.78, 5) is 39.8. The summed E-state index contributed by atoms with van der Waals surface area (Å²) in [5, 5.41) is 28.6. The minimum atomic E-state index is -1.29. The van der Waals surface area contributed by atoms with Gasteiger partial charge in [0.15, 0.2) is 17.3 Å². The number of aliphatic hydroxyl groups is 1. The van der Waals surface area contributed by atoms with Gasteiger partial charge in [0.05, 0.1) is 11.8 Å². The molecule has 1 aromatic carbocycles. The van der Waals surface area contributed by atoms with Crippen molar-refractivity contribution >= 4 is 11.6 Å². The standard InChI is InChI=1S/C14H9NO7/c16-6-1-2-7-9(5-6)12(18)8-3-4-10(17)14(22-15(20)21)11(8)13(7)19/h1-5,8,11,16-17H. The van der Waals surface area contributed by atoms with Gasteiger partial charge >= 0.3 is 0 Å². The molecule has 0 radical (unpaired) electrons. The molecule has 0 saturated carbocycles. The van der Waals surface area contributed by atoms with Crippen LogP contribution in [0.15, 0.2) is 41.9 Å². The number of Topliss-reactive ketones (excluding diaryl/α,β-unsaturated/α-hetero) is 2. The van der Waals surface area contributed by atoms with E-state index < -0.39 is 40.0 Å². The maximum Gasteiger partial charge on any atom is 0.299 e. The Labute approximate surface area is 123 Å². The summed E-state index contributed by atoms with van der Waals surface area (Å²) in [6.45, 7) is 0. The first-order valence-electron chi connectivity index (χ1n) is 6.25. The molecular weight excluding hydrogens is 294 g/mol. The Balaban J connectivity index is 2.15. The van der Waals surface area contributed by atoms with Crippen LogP contribution in [0.1, 0.15) is 20.7 Å². The third-order valence-electron chi connectivity index (χ3n) is 3.65. The zero-order valence-electron chi connectivity index (χ0n) is 10.9. The summed E-state index contributed by atoms with van der Waals surface area (Å²) >= 11 is 0. The van der Waals surface area contributed by atoms with Gasteiger partial charge in [0.25, 0.3) is 5.09 Å². The smallest absolute Gasteiger partial charge is 0.299 e. The molecule has 0 aliphatic heterocycles. The molecule has 22 heavy (non-hydrogen) atoms. The van der Waals surface area contributed by atoms with E-state index in [2.05, 4.69) is 4.84 Å². The first kappa shape index (κ1) is 13.8. The first-order chi connectivity index (χ1) is 10.4. The SMILES string of the molecule is O=C1c2cc(O)ccc2C(=O)C2C(O[N+](=O)[O-])=C(O)C=CC12. The van der Waals surface area contributed by atoms with E-state index in [1.807, 2.05) is 0 Å². The molecule has 2 atom stereocenters. The second kappa shape index (κ2) is 4.69. The van der Waals surface area contributed by atoms with Gasteiger partial charge in [-0.2, -0.15) is 0 Å². The van der Waals surface area contributed by atoms with E-state index in [-0.39, 0.29) is 16.9 Å². The van der Waals surface area contributed by atoms with Gasteiger partial charge in [-0.3, -0.25) is 14.4 Å². The number of phenolic OH excluding ortho intramolecular Hbond substituents is 1. The summed E-state index contributed by atoms with van der Waals surface area (Å²) in [6.07, 6.45) is 2.37. The zero-order chi connectivity index (χ0) is 16.0. The molecule has 0 bridgehead atoms. The van der Waals surface area contributed by atoms with Crippen LogP contribution in [0, 0.1) is 22.0 Å². The number of aliphatic hydroxyl groups excluding tert-OH is 1. The van der Waals surface area contributed by atoms with E-state index in [0.717, 1.165) is 6.08 Å². The van der Waals surface area contributed by atoms with Crippen LogP contribution in [0.2, 0.25) is 0 Å². The van der Waals surface area contributed by atoms with Crippen molar-refractivity contribution in [1.82, 2.24) is 0 Å². The molecule has 2 aliphatic rings. The highest BCUT2D eigenvalue weighted by molar-refractivity contribution is 6.17. The lowest BCUT2D eigenvalue weighted by Crippen LogP contribution is -2.39. The number of fused-ring (bicyclic) bond motifs is 2. The Morgan fingerprint density at radius 2 is 1.86 bits per heavy atom. The number of allylic oxidation sites excluding steroid dienone is 3. The maximum atomic E-state index is 12.5. The zero-order valence-corrected chi connectivity index (χ0v) is 10.9. The van der Waals surface area contributed by atoms with Crippen LogP contribution in [0.3, 0.4) is 0 Å². The summed E-state index contributed by atoms with van der Waals surface area (Å²) in [7, 11) is 0. The Morgan fingerprint density at radius 1 is 1.14 bits per heavy atom. The summed E-state index contributed by atoms with van der Waals surface area (Å²) < 4.78 is 0. The monoisotopic (exact) mass is 303 g/mol. The fraction of sp³-hybridized carbons (Fsp3) is 0.143. The van der Waals surface area contributed by atoms with Crippen LogP contribution in [0.5, 0.6) is 5.75 Å². The van der Waals surface area contributed by atoms with Crippen molar-refractivity contribution in [3.63, 3.8) is 0 Å². The van der Waals surface area contributed by atoms with Gasteiger partial charge in [-0.05, 0) is 24.3 Å². The van der Waals surface area contributed by atoms with E-state index in [1.165, 1.54) is 24.3 Å². The molecule has 0 saturated heterocycles. The molecule has 8 heteroatoms. The Hall–Kier alpha value is -3.16. The van der Waals surface area contributed by atoms with Crippen LogP contribution in [0.4, 0.5) is 0 Å². The van der Waals surface area contributed by atoms with Crippen molar-refractivity contribution in [1.29, 1.82) is 0 Å². The topological polar surface area (TPSA) is 127 Å². The van der Waals surface area contributed by atoms with Crippen LogP contribution in [0.25, 0.3) is 0 Å². The number of carbonyl (C=O) groups is 2. The molecule has 0 aromatic heterocycles. The summed E-state index contributed by atoms with van der Waals surface area (Å²) in [6, 6.07) is 3.67. The number of ketones is 2. The molecule has 2 aliphatic carbocycles. The average molecular weight is 303 g/mol. The second-order valence-corrected chi connectivity index (χ2v) is 4.89. The number of benzene rings is 1. The van der Waals surface area contributed by atoms with Crippen LogP contribution in [-0.4, -0.2) is 26.9 Å². The van der Waals surface area contributed by atoms with Gasteiger partial charge in [0.2, 0.25) is 0 Å². The molecule has 0 heterocycles. The van der Waals surface area contributed by atoms with Crippen LogP contribution in [-0.2, 0) is 4.84 Å². The van der Waals surface area contributed by atoms with Gasteiger partial charge in [-0.15, -0.1) is 10.1 Å². The molecule has 1 aromatic rings. The van der Waals surface area contributed by atoms with Crippen molar-refractivity contribution in [3.8, 4) is 5.75 Å². The van der Waals surface area contributed by atoms with Gasteiger partial charge < -0.3 is 10.2 Å². The lowest BCUT2D eigenvalue weighted by Gasteiger charge is -2.31. The Morgan fingerprint density at radius 3 is 2.55 bits per heavy atom. The number of nitrogens with zero attached hydrogens (tertiary/aromatic N) is 1. The number of aromatic hydroxyl groups is 1. The van der Waals surface area contributed by atoms with E-state index in [4.69, 9.17) is 0 Å². The summed E-state index contributed by atoms with van der Waals surface area (Å²) in [5.74, 6) is -4.68. The highest BCUT2D eigenvalue weighted by Crippen LogP contribution is 2.40. The highest BCUT2D eigenvalue weighted by atomic mass is 17.0. The molecule has 112 valence electrons. The number of phenols is 1. The van der Waals surface area contributed by atoms with Gasteiger partial charge in [-0.1, -0.05) is 6.08 Å². The maximum absolute atomic E-state index is 12.5. The first-order valence-corrected chi connectivity index (χ1v) is 6.25. The largest absolute Gasteiger partial charge is 0.508 e. The fourth-order valence-electron chi connectivity index (χ4n) is 2.71. The van der Waals surface area contributed by atoms with Crippen molar-refractivity contribution in [2.45, 2.75) is 0 Å². The number of carbonyl (C=O) groups excluding carboxylic acids is 2. The van der Waals surface area contributed by atoms with Crippen LogP contribution < -0.4 is 0 Å². The second-order valence-electron chi connectivity index (χ2n) is 4.89. The third-order valence-corrected chi connectivity index (χ3v) is 3.65. The normalized spacial score (nSPS) is 23.1. The average Bonchev–Trinajstić information content (AvgIpc) is 2.46. The minimum absolute atomic E-state index is 0.0246. The Bertz CT molecular complexity index is 777. The number of hydrogen-bond acceptors (Lipinski definition) is 7. The molecule has 0 spiro atoms. The van der Waals surface area contributed by atoms with E-state index in [9.17, 15) is 29.9 Å². The molecular formula is C14H9NO7. The fourth-order valence-corrected chi connectivity index (χ4v) is 2.71. The third kappa shape index (κ3) is 1.93. The molecule has 2 unspecified atom stereocenters. The lowest BCUT2D eigenvalue weighted by atomic mass is 9.71. The van der Waals surface area contributed by atoms with Crippen molar-refractivity contribution < 1.29 is 29.7 Å².